The normalized spacial score (nSPS) is 17.2. The maximum atomic E-state index is 5.72. The Balaban J connectivity index is 1.89. The van der Waals surface area contributed by atoms with E-state index in [0.29, 0.717) is 5.95 Å². The number of hydrogen-bond donors (Lipinski definition) is 1. The van der Waals surface area contributed by atoms with Gasteiger partial charge >= 0.3 is 0 Å². The van der Waals surface area contributed by atoms with Crippen LogP contribution in [0.3, 0.4) is 0 Å². The maximum Gasteiger partial charge on any atom is 0.222 e. The maximum absolute atomic E-state index is 5.72. The summed E-state index contributed by atoms with van der Waals surface area (Å²) in [6, 6.07) is 2.01. The van der Waals surface area contributed by atoms with Gasteiger partial charge in [0.15, 0.2) is 0 Å². The zero-order chi connectivity index (χ0) is 13.8. The Labute approximate surface area is 115 Å². The smallest absolute Gasteiger partial charge is 0.222 e. The van der Waals surface area contributed by atoms with Gasteiger partial charge in [0.1, 0.15) is 5.82 Å². The van der Waals surface area contributed by atoms with E-state index in [2.05, 4.69) is 33.6 Å². The number of piperazine rings is 1. The molecule has 0 spiro atoms. The van der Waals surface area contributed by atoms with Crippen molar-refractivity contribution in [3.63, 3.8) is 0 Å². The monoisotopic (exact) mass is 263 g/mol. The average molecular weight is 263 g/mol. The van der Waals surface area contributed by atoms with Gasteiger partial charge in [-0.25, -0.2) is 4.98 Å². The van der Waals surface area contributed by atoms with E-state index in [0.717, 1.165) is 43.6 Å². The quantitative estimate of drug-likeness (QED) is 0.893. The fourth-order valence-corrected chi connectivity index (χ4v) is 2.38. The molecule has 0 amide bonds. The summed E-state index contributed by atoms with van der Waals surface area (Å²) in [4.78, 5) is 13.3. The number of hydrogen-bond acceptors (Lipinski definition) is 5. The molecule has 5 nitrogen and oxygen atoms in total. The standard InChI is InChI=1S/C14H25N5/c1-11(2)4-5-18-6-8-19(9-7-18)13-10-12(3)16-14(15)17-13/h10-11H,4-9H2,1-3H3,(H2,15,16,17). The van der Waals surface area contributed by atoms with Crippen molar-refractivity contribution in [2.75, 3.05) is 43.4 Å². The second-order valence-electron chi connectivity index (χ2n) is 5.74. The van der Waals surface area contributed by atoms with E-state index >= 15 is 0 Å². The van der Waals surface area contributed by atoms with E-state index in [-0.39, 0.29) is 0 Å². The fourth-order valence-electron chi connectivity index (χ4n) is 2.38. The summed E-state index contributed by atoms with van der Waals surface area (Å²) in [5.41, 5.74) is 6.65. The molecule has 0 aliphatic carbocycles. The molecule has 1 aromatic heterocycles. The minimum atomic E-state index is 0.372. The number of nitrogen functional groups attached to an aromatic ring is 1. The highest BCUT2D eigenvalue weighted by molar-refractivity contribution is 5.43. The minimum absolute atomic E-state index is 0.372. The molecule has 1 aliphatic rings. The van der Waals surface area contributed by atoms with Gasteiger partial charge in [-0.2, -0.15) is 4.98 Å². The predicted octanol–water partition coefficient (Wildman–Crippen LogP) is 1.54. The lowest BCUT2D eigenvalue weighted by molar-refractivity contribution is 0.243. The molecular formula is C14H25N5. The molecule has 1 aromatic rings. The average Bonchev–Trinajstić information content (AvgIpc) is 2.36. The highest BCUT2D eigenvalue weighted by Gasteiger charge is 2.18. The van der Waals surface area contributed by atoms with Gasteiger partial charge in [0, 0.05) is 37.9 Å². The molecule has 0 unspecified atom stereocenters. The van der Waals surface area contributed by atoms with Gasteiger partial charge in [-0.05, 0) is 25.8 Å². The molecule has 2 rings (SSSR count). The Morgan fingerprint density at radius 1 is 1.21 bits per heavy atom. The first-order valence-electron chi connectivity index (χ1n) is 7.13. The van der Waals surface area contributed by atoms with E-state index in [1.54, 1.807) is 0 Å². The third-order valence-electron chi connectivity index (χ3n) is 3.58. The Morgan fingerprint density at radius 3 is 2.47 bits per heavy atom. The summed E-state index contributed by atoms with van der Waals surface area (Å²) in [5, 5.41) is 0. The van der Waals surface area contributed by atoms with Crippen LogP contribution in [0.4, 0.5) is 11.8 Å². The van der Waals surface area contributed by atoms with Crippen LogP contribution in [0.5, 0.6) is 0 Å². The molecule has 5 heteroatoms. The Morgan fingerprint density at radius 2 is 1.89 bits per heavy atom. The first kappa shape index (κ1) is 14.1. The zero-order valence-electron chi connectivity index (χ0n) is 12.3. The highest BCUT2D eigenvalue weighted by Crippen LogP contribution is 2.16. The van der Waals surface area contributed by atoms with Crippen molar-refractivity contribution in [3.05, 3.63) is 11.8 Å². The van der Waals surface area contributed by atoms with E-state index < -0.39 is 0 Å². The molecule has 0 radical (unpaired) electrons. The molecule has 0 saturated carbocycles. The summed E-state index contributed by atoms with van der Waals surface area (Å²) in [6.07, 6.45) is 1.28. The molecular weight excluding hydrogens is 238 g/mol. The molecule has 1 aliphatic heterocycles. The summed E-state index contributed by atoms with van der Waals surface area (Å²) < 4.78 is 0. The van der Waals surface area contributed by atoms with Crippen molar-refractivity contribution in [1.29, 1.82) is 0 Å². The van der Waals surface area contributed by atoms with E-state index in [9.17, 15) is 0 Å². The predicted molar refractivity (Wildman–Crippen MR) is 79.3 cm³/mol. The summed E-state index contributed by atoms with van der Waals surface area (Å²) in [6.45, 7) is 12.0. The highest BCUT2D eigenvalue weighted by atomic mass is 15.3. The van der Waals surface area contributed by atoms with Crippen LogP contribution >= 0.6 is 0 Å². The first-order chi connectivity index (χ1) is 9.04. The number of nitrogens with two attached hydrogens (primary N) is 1. The summed E-state index contributed by atoms with van der Waals surface area (Å²) >= 11 is 0. The second-order valence-corrected chi connectivity index (χ2v) is 5.74. The Bertz CT molecular complexity index is 390. The van der Waals surface area contributed by atoms with Crippen molar-refractivity contribution in [1.82, 2.24) is 14.9 Å². The van der Waals surface area contributed by atoms with Gasteiger partial charge in [0.25, 0.3) is 0 Å². The number of rotatable bonds is 4. The van der Waals surface area contributed by atoms with Gasteiger partial charge < -0.3 is 10.6 Å². The van der Waals surface area contributed by atoms with E-state index in [1.165, 1.54) is 13.0 Å². The lowest BCUT2D eigenvalue weighted by atomic mass is 10.1. The number of aryl methyl sites for hydroxylation is 1. The molecule has 106 valence electrons. The lowest BCUT2D eigenvalue weighted by Crippen LogP contribution is -2.47. The van der Waals surface area contributed by atoms with Gasteiger partial charge in [0.05, 0.1) is 0 Å². The van der Waals surface area contributed by atoms with Crippen LogP contribution in [0.15, 0.2) is 6.07 Å². The zero-order valence-corrected chi connectivity index (χ0v) is 12.3. The van der Waals surface area contributed by atoms with Gasteiger partial charge in [0.2, 0.25) is 5.95 Å². The van der Waals surface area contributed by atoms with Gasteiger partial charge in [-0.15, -0.1) is 0 Å². The van der Waals surface area contributed by atoms with Crippen LogP contribution < -0.4 is 10.6 Å². The van der Waals surface area contributed by atoms with Crippen LogP contribution in [0.1, 0.15) is 26.0 Å². The van der Waals surface area contributed by atoms with Crippen LogP contribution in [0.25, 0.3) is 0 Å². The third-order valence-corrected chi connectivity index (χ3v) is 3.58. The summed E-state index contributed by atoms with van der Waals surface area (Å²) in [7, 11) is 0. The van der Waals surface area contributed by atoms with Crippen LogP contribution in [-0.2, 0) is 0 Å². The molecule has 0 aromatic carbocycles. The number of aromatic nitrogens is 2. The molecule has 1 saturated heterocycles. The van der Waals surface area contributed by atoms with Crippen molar-refractivity contribution in [2.24, 2.45) is 5.92 Å². The van der Waals surface area contributed by atoms with Gasteiger partial charge in [-0.1, -0.05) is 13.8 Å². The molecule has 0 bridgehead atoms. The van der Waals surface area contributed by atoms with Crippen LogP contribution in [-0.4, -0.2) is 47.6 Å². The Kier molecular flexibility index (Phi) is 4.58. The lowest BCUT2D eigenvalue weighted by Gasteiger charge is -2.35. The van der Waals surface area contributed by atoms with Gasteiger partial charge in [-0.3, -0.25) is 4.90 Å². The van der Waals surface area contributed by atoms with Crippen molar-refractivity contribution >= 4 is 11.8 Å². The number of nitrogens with zero attached hydrogens (tertiary/aromatic N) is 4. The molecule has 1 fully saturated rings. The van der Waals surface area contributed by atoms with Crippen LogP contribution in [0, 0.1) is 12.8 Å². The third kappa shape index (κ3) is 4.06. The minimum Gasteiger partial charge on any atom is -0.368 e. The largest absolute Gasteiger partial charge is 0.368 e. The van der Waals surface area contributed by atoms with Crippen molar-refractivity contribution in [2.45, 2.75) is 27.2 Å². The molecule has 0 atom stereocenters. The topological polar surface area (TPSA) is 58.3 Å². The fraction of sp³-hybridized carbons (Fsp3) is 0.714. The van der Waals surface area contributed by atoms with Crippen molar-refractivity contribution < 1.29 is 0 Å². The summed E-state index contributed by atoms with van der Waals surface area (Å²) in [5.74, 6) is 2.12. The molecule has 19 heavy (non-hydrogen) atoms. The van der Waals surface area contributed by atoms with E-state index in [4.69, 9.17) is 5.73 Å². The second kappa shape index (κ2) is 6.19. The van der Waals surface area contributed by atoms with Crippen LogP contribution in [0.2, 0.25) is 0 Å². The molecule has 2 heterocycles. The number of anilines is 2. The van der Waals surface area contributed by atoms with Crippen molar-refractivity contribution in [3.8, 4) is 0 Å². The Hall–Kier alpha value is -1.36. The van der Waals surface area contributed by atoms with E-state index in [1.807, 2.05) is 13.0 Å². The SMILES string of the molecule is Cc1cc(N2CCN(CCC(C)C)CC2)nc(N)n1. The first-order valence-corrected chi connectivity index (χ1v) is 7.13. The molecule has 2 N–H and O–H groups in total.